The first-order chi connectivity index (χ1) is 15.0. The lowest BCUT2D eigenvalue weighted by molar-refractivity contribution is -0.144. The lowest BCUT2D eigenvalue weighted by atomic mass is 9.95. The average molecular weight is 476 g/mol. The summed E-state index contributed by atoms with van der Waals surface area (Å²) in [4.78, 5) is 49.6. The van der Waals surface area contributed by atoms with Crippen LogP contribution in [-0.2, 0) is 19.2 Å². The van der Waals surface area contributed by atoms with Crippen molar-refractivity contribution in [3.63, 3.8) is 0 Å². The van der Waals surface area contributed by atoms with Crippen LogP contribution in [0.15, 0.2) is 0 Å². The van der Waals surface area contributed by atoms with Crippen LogP contribution in [0, 0.1) is 11.8 Å². The van der Waals surface area contributed by atoms with E-state index in [1.54, 1.807) is 13.8 Å². The molecule has 0 aromatic carbocycles. The molecular formula is C21H41N5O5S. The normalized spacial score (nSPS) is 16.7. The van der Waals surface area contributed by atoms with Crippen molar-refractivity contribution in [1.29, 1.82) is 0 Å². The van der Waals surface area contributed by atoms with Gasteiger partial charge in [-0.25, -0.2) is 4.79 Å². The number of rotatable bonds is 16. The Balaban J connectivity index is 5.26. The fourth-order valence-electron chi connectivity index (χ4n) is 2.99. The van der Waals surface area contributed by atoms with E-state index >= 15 is 0 Å². The monoisotopic (exact) mass is 475 g/mol. The third-order valence-corrected chi connectivity index (χ3v) is 6.06. The van der Waals surface area contributed by atoms with Crippen LogP contribution in [0.1, 0.15) is 59.8 Å². The van der Waals surface area contributed by atoms with Crippen molar-refractivity contribution in [3.8, 4) is 0 Å². The van der Waals surface area contributed by atoms with Gasteiger partial charge in [-0.15, -0.1) is 0 Å². The molecule has 0 aromatic heterocycles. The summed E-state index contributed by atoms with van der Waals surface area (Å²) in [5, 5.41) is 17.2. The van der Waals surface area contributed by atoms with E-state index in [0.29, 0.717) is 32.2 Å². The van der Waals surface area contributed by atoms with Crippen LogP contribution >= 0.6 is 12.6 Å². The summed E-state index contributed by atoms with van der Waals surface area (Å²) in [6, 6.07) is -3.80. The predicted octanol–water partition coefficient (Wildman–Crippen LogP) is 0.00370. The second-order valence-corrected chi connectivity index (χ2v) is 8.58. The van der Waals surface area contributed by atoms with Crippen molar-refractivity contribution in [2.75, 3.05) is 12.3 Å². The van der Waals surface area contributed by atoms with Crippen LogP contribution < -0.4 is 27.4 Å². The van der Waals surface area contributed by atoms with Crippen LogP contribution in [0.25, 0.3) is 0 Å². The third kappa shape index (κ3) is 10.2. The predicted molar refractivity (Wildman–Crippen MR) is 127 cm³/mol. The van der Waals surface area contributed by atoms with Crippen molar-refractivity contribution in [2.24, 2.45) is 23.3 Å². The van der Waals surface area contributed by atoms with Crippen LogP contribution in [0.5, 0.6) is 0 Å². The number of carboxylic acids is 1. The number of amides is 3. The van der Waals surface area contributed by atoms with Gasteiger partial charge in [0.05, 0.1) is 6.04 Å². The Hall–Kier alpha value is -1.85. The molecule has 0 spiro atoms. The Morgan fingerprint density at radius 3 is 1.88 bits per heavy atom. The molecule has 6 atom stereocenters. The fraction of sp³-hybridized carbons (Fsp3) is 0.810. The minimum Gasteiger partial charge on any atom is -0.480 e. The van der Waals surface area contributed by atoms with Gasteiger partial charge in [0.1, 0.15) is 18.1 Å². The van der Waals surface area contributed by atoms with Gasteiger partial charge in [0.25, 0.3) is 0 Å². The van der Waals surface area contributed by atoms with Crippen molar-refractivity contribution in [1.82, 2.24) is 16.0 Å². The van der Waals surface area contributed by atoms with Crippen molar-refractivity contribution in [3.05, 3.63) is 0 Å². The number of aliphatic carboxylic acids is 1. The molecule has 0 saturated carbocycles. The van der Waals surface area contributed by atoms with Crippen LogP contribution in [0.4, 0.5) is 0 Å². The summed E-state index contributed by atoms with van der Waals surface area (Å²) >= 11 is 4.14. The maximum absolute atomic E-state index is 12.9. The second-order valence-electron chi connectivity index (χ2n) is 8.22. The number of thiol groups is 1. The summed E-state index contributed by atoms with van der Waals surface area (Å²) in [5.74, 6) is -3.32. The summed E-state index contributed by atoms with van der Waals surface area (Å²) < 4.78 is 0. The van der Waals surface area contributed by atoms with Gasteiger partial charge in [0.15, 0.2) is 0 Å². The minimum atomic E-state index is -1.13. The Labute approximate surface area is 196 Å². The SMILES string of the molecule is CCC(C)C(NC(=O)C(NC(=O)C(CS)NC(=O)C(N)CCCCN)C(C)CC)C(=O)O. The standard InChI is InChI=1S/C21H41N5O5S/c1-5-12(3)16(20(29)26-17(21(30)31)13(4)6-2)25-19(28)15(11-32)24-18(27)14(23)9-7-8-10-22/h12-17,32H,5-11,22-23H2,1-4H3,(H,24,27)(H,25,28)(H,26,29)(H,30,31). The summed E-state index contributed by atoms with van der Waals surface area (Å²) in [5.41, 5.74) is 11.3. The molecule has 0 radical (unpaired) electrons. The molecule has 8 N–H and O–H groups in total. The molecule has 186 valence electrons. The van der Waals surface area contributed by atoms with E-state index in [1.165, 1.54) is 0 Å². The van der Waals surface area contributed by atoms with Crippen molar-refractivity contribution >= 4 is 36.3 Å². The largest absolute Gasteiger partial charge is 0.480 e. The molecular weight excluding hydrogens is 434 g/mol. The number of nitrogens with two attached hydrogens (primary N) is 2. The zero-order chi connectivity index (χ0) is 24.8. The van der Waals surface area contributed by atoms with Gasteiger partial charge in [0.2, 0.25) is 17.7 Å². The Bertz CT molecular complexity index is 621. The van der Waals surface area contributed by atoms with Gasteiger partial charge in [0, 0.05) is 5.75 Å². The fourth-order valence-corrected chi connectivity index (χ4v) is 3.25. The Morgan fingerprint density at radius 1 is 0.875 bits per heavy atom. The summed E-state index contributed by atoms with van der Waals surface area (Å²) in [6.07, 6.45) is 3.02. The van der Waals surface area contributed by atoms with Gasteiger partial charge in [-0.2, -0.15) is 12.6 Å². The molecule has 11 heteroatoms. The molecule has 3 amide bonds. The zero-order valence-electron chi connectivity index (χ0n) is 19.6. The first-order valence-corrected chi connectivity index (χ1v) is 11.9. The average Bonchev–Trinajstić information content (AvgIpc) is 2.77. The molecule has 0 rings (SSSR count). The first kappa shape index (κ1) is 30.1. The van der Waals surface area contributed by atoms with Gasteiger partial charge in [-0.05, 0) is 31.2 Å². The van der Waals surface area contributed by atoms with Gasteiger partial charge in [-0.3, -0.25) is 14.4 Å². The van der Waals surface area contributed by atoms with E-state index in [9.17, 15) is 24.3 Å². The van der Waals surface area contributed by atoms with Crippen molar-refractivity contribution in [2.45, 2.75) is 84.0 Å². The highest BCUT2D eigenvalue weighted by Crippen LogP contribution is 2.12. The molecule has 0 aliphatic carbocycles. The highest BCUT2D eigenvalue weighted by Gasteiger charge is 2.33. The highest BCUT2D eigenvalue weighted by molar-refractivity contribution is 7.80. The molecule has 0 heterocycles. The Kier molecular flexibility index (Phi) is 15.0. The van der Waals surface area contributed by atoms with E-state index < -0.39 is 47.9 Å². The topological polar surface area (TPSA) is 177 Å². The van der Waals surface area contributed by atoms with Crippen LogP contribution in [-0.4, -0.2) is 65.3 Å². The molecule has 0 aliphatic rings. The summed E-state index contributed by atoms with van der Waals surface area (Å²) in [6.45, 7) is 7.72. The van der Waals surface area contributed by atoms with E-state index in [1.807, 2.05) is 13.8 Å². The highest BCUT2D eigenvalue weighted by atomic mass is 32.1. The number of carbonyl (C=O) groups excluding carboxylic acids is 3. The van der Waals surface area contributed by atoms with Crippen LogP contribution in [0.3, 0.4) is 0 Å². The van der Waals surface area contributed by atoms with E-state index in [2.05, 4.69) is 28.6 Å². The lowest BCUT2D eigenvalue weighted by Crippen LogP contribution is -2.59. The van der Waals surface area contributed by atoms with E-state index in [0.717, 1.165) is 6.42 Å². The number of hydrogen-bond donors (Lipinski definition) is 7. The Morgan fingerprint density at radius 2 is 1.41 bits per heavy atom. The molecule has 6 unspecified atom stereocenters. The molecule has 0 bridgehead atoms. The lowest BCUT2D eigenvalue weighted by Gasteiger charge is -2.29. The summed E-state index contributed by atoms with van der Waals surface area (Å²) in [7, 11) is 0. The number of hydrogen-bond acceptors (Lipinski definition) is 7. The number of unbranched alkanes of at least 4 members (excludes halogenated alkanes) is 1. The minimum absolute atomic E-state index is 0.00651. The maximum atomic E-state index is 12.9. The maximum Gasteiger partial charge on any atom is 0.326 e. The van der Waals surface area contributed by atoms with E-state index in [-0.39, 0.29) is 17.6 Å². The molecule has 0 saturated heterocycles. The molecule has 10 nitrogen and oxygen atoms in total. The van der Waals surface area contributed by atoms with Crippen molar-refractivity contribution < 1.29 is 24.3 Å². The molecule has 0 fully saturated rings. The van der Waals surface area contributed by atoms with E-state index in [4.69, 9.17) is 11.5 Å². The van der Waals surface area contributed by atoms with Gasteiger partial charge >= 0.3 is 5.97 Å². The number of carbonyl (C=O) groups is 4. The van der Waals surface area contributed by atoms with Gasteiger partial charge in [-0.1, -0.05) is 47.0 Å². The van der Waals surface area contributed by atoms with Gasteiger partial charge < -0.3 is 32.5 Å². The first-order valence-electron chi connectivity index (χ1n) is 11.2. The molecule has 0 aliphatic heterocycles. The van der Waals surface area contributed by atoms with Crippen LogP contribution in [0.2, 0.25) is 0 Å². The molecule has 32 heavy (non-hydrogen) atoms. The second kappa shape index (κ2) is 15.9. The molecule has 0 aromatic rings. The third-order valence-electron chi connectivity index (χ3n) is 5.69. The number of nitrogens with one attached hydrogen (secondary N) is 3. The smallest absolute Gasteiger partial charge is 0.326 e. The quantitative estimate of drug-likeness (QED) is 0.121. The number of carboxylic acid groups (broad SMARTS) is 1. The zero-order valence-corrected chi connectivity index (χ0v) is 20.5.